The molecular weight excluding hydrogens is 172 g/mol. The van der Waals surface area contributed by atoms with E-state index >= 15 is 0 Å². The maximum atomic E-state index is 11.0. The van der Waals surface area contributed by atoms with E-state index in [1.807, 2.05) is 0 Å². The number of fused-ring (bicyclic) bond motifs is 1. The van der Waals surface area contributed by atoms with Gasteiger partial charge in [-0.2, -0.15) is 0 Å². The van der Waals surface area contributed by atoms with Gasteiger partial charge in [0.1, 0.15) is 5.78 Å². The van der Waals surface area contributed by atoms with E-state index in [-0.39, 0.29) is 0 Å². The molecule has 0 spiro atoms. The van der Waals surface area contributed by atoms with Crippen LogP contribution in [0.25, 0.3) is 0 Å². The number of ketones is 1. The van der Waals surface area contributed by atoms with Crippen molar-refractivity contribution in [3.8, 4) is 11.8 Å². The Balaban J connectivity index is 1.72. The zero-order chi connectivity index (χ0) is 9.97. The largest absolute Gasteiger partial charge is 0.300 e. The van der Waals surface area contributed by atoms with Crippen molar-refractivity contribution in [2.75, 3.05) is 0 Å². The molecule has 0 amide bonds. The lowest BCUT2D eigenvalue weighted by molar-refractivity contribution is -0.118. The van der Waals surface area contributed by atoms with Crippen LogP contribution in [-0.2, 0) is 4.79 Å². The van der Waals surface area contributed by atoms with Gasteiger partial charge in [-0.15, -0.1) is 5.92 Å². The highest BCUT2D eigenvalue weighted by molar-refractivity contribution is 5.83. The van der Waals surface area contributed by atoms with Gasteiger partial charge in [0.15, 0.2) is 0 Å². The molecule has 2 atom stereocenters. The third-order valence-electron chi connectivity index (χ3n) is 3.20. The fourth-order valence-corrected chi connectivity index (χ4v) is 2.43. The maximum absolute atomic E-state index is 11.0. The summed E-state index contributed by atoms with van der Waals surface area (Å²) in [7, 11) is 0. The van der Waals surface area contributed by atoms with Crippen LogP contribution in [0.15, 0.2) is 12.2 Å². The van der Waals surface area contributed by atoms with Crippen LogP contribution in [-0.4, -0.2) is 5.78 Å². The Morgan fingerprint density at radius 3 is 2.71 bits per heavy atom. The lowest BCUT2D eigenvalue weighted by atomic mass is 10.1. The average Bonchev–Trinajstić information content (AvgIpc) is 2.63. The molecule has 0 N–H and O–H groups in total. The second kappa shape index (κ2) is 4.00. The van der Waals surface area contributed by atoms with Crippen molar-refractivity contribution in [3.05, 3.63) is 12.2 Å². The molecule has 14 heavy (non-hydrogen) atoms. The minimum Gasteiger partial charge on any atom is -0.300 e. The van der Waals surface area contributed by atoms with Gasteiger partial charge in [-0.1, -0.05) is 25.0 Å². The Labute approximate surface area is 85.6 Å². The molecule has 2 rings (SSSR count). The summed E-state index contributed by atoms with van der Waals surface area (Å²) in [5.74, 6) is 8.69. The van der Waals surface area contributed by atoms with Crippen molar-refractivity contribution in [3.63, 3.8) is 0 Å². The van der Waals surface area contributed by atoms with Gasteiger partial charge in [-0.25, -0.2) is 0 Å². The normalized spacial score (nSPS) is 34.1. The maximum Gasteiger partial charge on any atom is 0.133 e. The molecule has 0 aromatic rings. The highest BCUT2D eigenvalue weighted by Gasteiger charge is 2.54. The van der Waals surface area contributed by atoms with Crippen LogP contribution in [0, 0.1) is 29.6 Å². The van der Waals surface area contributed by atoms with Crippen molar-refractivity contribution in [1.29, 1.82) is 0 Å². The van der Waals surface area contributed by atoms with E-state index in [1.54, 1.807) is 0 Å². The zero-order valence-electron chi connectivity index (χ0n) is 8.62. The van der Waals surface area contributed by atoms with Crippen LogP contribution >= 0.6 is 0 Å². The second-order valence-electron chi connectivity index (χ2n) is 4.19. The first-order valence-corrected chi connectivity index (χ1v) is 5.47. The molecule has 1 heteroatoms. The first-order valence-electron chi connectivity index (χ1n) is 5.47. The number of hydrogen-bond donors (Lipinski definition) is 0. The fraction of sp³-hybridized carbons (Fsp3) is 0.615. The van der Waals surface area contributed by atoms with Crippen LogP contribution in [0.2, 0.25) is 0 Å². The lowest BCUT2D eigenvalue weighted by Gasteiger charge is -1.93. The van der Waals surface area contributed by atoms with E-state index in [9.17, 15) is 4.79 Å². The SMILES string of the molecule is CCC#CCC=CC1C2CC(=O)CC12. The van der Waals surface area contributed by atoms with Crippen molar-refractivity contribution in [1.82, 2.24) is 0 Å². The van der Waals surface area contributed by atoms with E-state index in [4.69, 9.17) is 0 Å². The Morgan fingerprint density at radius 2 is 2.07 bits per heavy atom. The molecule has 2 fully saturated rings. The molecular formula is C13H16O. The number of carbonyl (C=O) groups excluding carboxylic acids is 1. The minimum atomic E-state index is 0.468. The number of Topliss-reactive ketones (excluding diaryl/α,β-unsaturated/α-hetero) is 1. The average molecular weight is 188 g/mol. The Bertz CT molecular complexity index is 302. The monoisotopic (exact) mass is 188 g/mol. The van der Waals surface area contributed by atoms with Gasteiger partial charge < -0.3 is 0 Å². The van der Waals surface area contributed by atoms with Crippen LogP contribution < -0.4 is 0 Å². The molecule has 0 aromatic heterocycles. The molecule has 0 aliphatic heterocycles. The summed E-state index contributed by atoms with van der Waals surface area (Å²) >= 11 is 0. The predicted molar refractivity (Wildman–Crippen MR) is 56.5 cm³/mol. The molecule has 0 radical (unpaired) electrons. The van der Waals surface area contributed by atoms with Crippen molar-refractivity contribution in [2.45, 2.75) is 32.6 Å². The molecule has 74 valence electrons. The van der Waals surface area contributed by atoms with E-state index in [0.29, 0.717) is 23.5 Å². The standard InChI is InChI=1S/C13H16O/c1-2-3-4-5-6-7-11-12-8-10(14)9-13(11)12/h6-7,11-13H,2,5,8-9H2,1H3. The van der Waals surface area contributed by atoms with Gasteiger partial charge in [0.05, 0.1) is 0 Å². The summed E-state index contributed by atoms with van der Waals surface area (Å²) in [5, 5.41) is 0. The number of rotatable bonds is 2. The Kier molecular flexibility index (Phi) is 2.72. The number of carbonyl (C=O) groups is 1. The van der Waals surface area contributed by atoms with Crippen molar-refractivity contribution in [2.24, 2.45) is 17.8 Å². The highest BCUT2D eigenvalue weighted by atomic mass is 16.1. The van der Waals surface area contributed by atoms with E-state index < -0.39 is 0 Å². The van der Waals surface area contributed by atoms with E-state index in [0.717, 1.165) is 25.7 Å². The molecule has 0 saturated heterocycles. The second-order valence-corrected chi connectivity index (χ2v) is 4.19. The molecule has 2 unspecified atom stereocenters. The molecule has 2 saturated carbocycles. The van der Waals surface area contributed by atoms with E-state index in [1.165, 1.54) is 0 Å². The summed E-state index contributed by atoms with van der Waals surface area (Å²) in [6, 6.07) is 0. The van der Waals surface area contributed by atoms with Crippen molar-refractivity contribution >= 4 is 5.78 Å². The summed E-state index contributed by atoms with van der Waals surface area (Å²) in [4.78, 5) is 11.0. The molecule has 0 aromatic carbocycles. The Morgan fingerprint density at radius 1 is 1.36 bits per heavy atom. The van der Waals surface area contributed by atoms with Gasteiger partial charge in [-0.3, -0.25) is 4.79 Å². The van der Waals surface area contributed by atoms with Crippen LogP contribution in [0.3, 0.4) is 0 Å². The lowest BCUT2D eigenvalue weighted by Crippen LogP contribution is -1.95. The van der Waals surface area contributed by atoms with Gasteiger partial charge >= 0.3 is 0 Å². The topological polar surface area (TPSA) is 17.1 Å². The smallest absolute Gasteiger partial charge is 0.133 e. The molecule has 2 aliphatic carbocycles. The zero-order valence-corrected chi connectivity index (χ0v) is 8.62. The van der Waals surface area contributed by atoms with Crippen LogP contribution in [0.4, 0.5) is 0 Å². The highest BCUT2D eigenvalue weighted by Crippen LogP contribution is 2.56. The molecule has 0 bridgehead atoms. The predicted octanol–water partition coefficient (Wildman–Crippen LogP) is 2.57. The third kappa shape index (κ3) is 1.90. The first kappa shape index (κ1) is 9.52. The fourth-order valence-electron chi connectivity index (χ4n) is 2.43. The van der Waals surface area contributed by atoms with Gasteiger partial charge in [0, 0.05) is 25.7 Å². The summed E-state index contributed by atoms with van der Waals surface area (Å²) in [5.41, 5.74) is 0. The molecule has 1 nitrogen and oxygen atoms in total. The first-order chi connectivity index (χ1) is 6.83. The summed E-state index contributed by atoms with van der Waals surface area (Å²) in [6.07, 6.45) is 7.91. The molecule has 0 heterocycles. The van der Waals surface area contributed by atoms with Crippen LogP contribution in [0.1, 0.15) is 32.6 Å². The Hall–Kier alpha value is -1.03. The third-order valence-corrected chi connectivity index (χ3v) is 3.20. The van der Waals surface area contributed by atoms with Gasteiger partial charge in [-0.05, 0) is 17.8 Å². The summed E-state index contributed by atoms with van der Waals surface area (Å²) < 4.78 is 0. The van der Waals surface area contributed by atoms with Crippen LogP contribution in [0.5, 0.6) is 0 Å². The summed E-state index contributed by atoms with van der Waals surface area (Å²) in [6.45, 7) is 2.06. The van der Waals surface area contributed by atoms with Gasteiger partial charge in [0.25, 0.3) is 0 Å². The molecule has 2 aliphatic rings. The van der Waals surface area contributed by atoms with E-state index in [2.05, 4.69) is 30.9 Å². The number of hydrogen-bond acceptors (Lipinski definition) is 1. The minimum absolute atomic E-state index is 0.468. The quantitative estimate of drug-likeness (QED) is 0.481. The van der Waals surface area contributed by atoms with Gasteiger partial charge in [0.2, 0.25) is 0 Å². The van der Waals surface area contributed by atoms with Crippen molar-refractivity contribution < 1.29 is 4.79 Å². The number of allylic oxidation sites excluding steroid dienone is 2.